The van der Waals surface area contributed by atoms with Crippen molar-refractivity contribution in [1.29, 1.82) is 5.26 Å². The third-order valence-electron chi connectivity index (χ3n) is 5.69. The monoisotopic (exact) mass is 471 g/mol. The van der Waals surface area contributed by atoms with Crippen LogP contribution in [0, 0.1) is 11.3 Å². The number of nitrogens with one attached hydrogen (secondary N) is 1. The average Bonchev–Trinajstić information content (AvgIpc) is 3.36. The smallest absolute Gasteiger partial charge is 0.266 e. The maximum atomic E-state index is 13.1. The Morgan fingerprint density at radius 1 is 1.00 bits per heavy atom. The lowest BCUT2D eigenvalue weighted by molar-refractivity contribution is -0.112. The number of hydrogen-bond donors (Lipinski definition) is 1. The van der Waals surface area contributed by atoms with Crippen LogP contribution >= 0.6 is 0 Å². The molecule has 1 N–H and O–H groups in total. The summed E-state index contributed by atoms with van der Waals surface area (Å²) in [7, 11) is 1.61. The first kappa shape index (κ1) is 22.6. The number of methoxy groups -OCH3 is 1. The van der Waals surface area contributed by atoms with Gasteiger partial charge < -0.3 is 10.1 Å². The number of ether oxygens (including phenoxy) is 1. The van der Waals surface area contributed by atoms with Crippen LogP contribution in [0.25, 0.3) is 33.9 Å². The van der Waals surface area contributed by atoms with Gasteiger partial charge in [-0.3, -0.25) is 9.78 Å². The van der Waals surface area contributed by atoms with E-state index in [9.17, 15) is 10.1 Å². The number of para-hydroxylation sites is 1. The molecule has 3 aromatic carbocycles. The Morgan fingerprint density at radius 2 is 1.81 bits per heavy atom. The Morgan fingerprint density at radius 3 is 2.56 bits per heavy atom. The largest absolute Gasteiger partial charge is 0.497 e. The molecule has 2 aromatic heterocycles. The van der Waals surface area contributed by atoms with Gasteiger partial charge in [-0.2, -0.15) is 10.4 Å². The highest BCUT2D eigenvalue weighted by Gasteiger charge is 2.16. The molecule has 7 heteroatoms. The maximum Gasteiger partial charge on any atom is 0.266 e. The summed E-state index contributed by atoms with van der Waals surface area (Å²) >= 11 is 0. The van der Waals surface area contributed by atoms with Crippen molar-refractivity contribution in [2.24, 2.45) is 0 Å². The predicted molar refractivity (Wildman–Crippen MR) is 140 cm³/mol. The Kier molecular flexibility index (Phi) is 6.24. The minimum Gasteiger partial charge on any atom is -0.497 e. The summed E-state index contributed by atoms with van der Waals surface area (Å²) < 4.78 is 7.00. The molecule has 0 spiro atoms. The van der Waals surface area contributed by atoms with Crippen molar-refractivity contribution >= 4 is 28.6 Å². The summed E-state index contributed by atoms with van der Waals surface area (Å²) in [6, 6.07) is 28.3. The Hall–Kier alpha value is -5.22. The van der Waals surface area contributed by atoms with E-state index >= 15 is 0 Å². The Balaban J connectivity index is 1.55. The summed E-state index contributed by atoms with van der Waals surface area (Å²) in [5, 5.41) is 18.3. The molecule has 5 aromatic rings. The summed E-state index contributed by atoms with van der Waals surface area (Å²) in [6.07, 6.45) is 5.06. The summed E-state index contributed by atoms with van der Waals surface area (Å²) in [4.78, 5) is 17.5. The van der Waals surface area contributed by atoms with Gasteiger partial charge in [0.15, 0.2) is 0 Å². The Bertz CT molecular complexity index is 1610. The van der Waals surface area contributed by atoms with E-state index in [1.54, 1.807) is 42.4 Å². The van der Waals surface area contributed by atoms with Crippen LogP contribution in [0.5, 0.6) is 5.75 Å². The van der Waals surface area contributed by atoms with Gasteiger partial charge in [-0.05, 0) is 66.7 Å². The van der Waals surface area contributed by atoms with E-state index < -0.39 is 5.91 Å². The van der Waals surface area contributed by atoms with Gasteiger partial charge in [-0.25, -0.2) is 4.68 Å². The van der Waals surface area contributed by atoms with Crippen LogP contribution < -0.4 is 10.1 Å². The number of nitriles is 1. The fourth-order valence-electron chi connectivity index (χ4n) is 3.89. The van der Waals surface area contributed by atoms with Gasteiger partial charge in [0.25, 0.3) is 5.91 Å². The van der Waals surface area contributed by atoms with Crippen molar-refractivity contribution in [2.45, 2.75) is 0 Å². The van der Waals surface area contributed by atoms with E-state index in [-0.39, 0.29) is 5.57 Å². The van der Waals surface area contributed by atoms with Crippen molar-refractivity contribution in [2.75, 3.05) is 12.4 Å². The van der Waals surface area contributed by atoms with Crippen molar-refractivity contribution in [3.8, 4) is 28.8 Å². The van der Waals surface area contributed by atoms with Crippen LogP contribution in [-0.4, -0.2) is 27.8 Å². The van der Waals surface area contributed by atoms with Crippen molar-refractivity contribution in [1.82, 2.24) is 14.8 Å². The third kappa shape index (κ3) is 4.56. The molecule has 0 bridgehead atoms. The van der Waals surface area contributed by atoms with Gasteiger partial charge >= 0.3 is 0 Å². The first-order valence-corrected chi connectivity index (χ1v) is 11.2. The fraction of sp³-hybridized carbons (Fsp3) is 0.0345. The minimum absolute atomic E-state index is 0.0433. The number of fused-ring (bicyclic) bond motifs is 1. The second kappa shape index (κ2) is 9.95. The molecule has 5 rings (SSSR count). The van der Waals surface area contributed by atoms with Gasteiger partial charge in [0.05, 0.1) is 29.7 Å². The topological polar surface area (TPSA) is 92.8 Å². The van der Waals surface area contributed by atoms with E-state index in [1.165, 1.54) is 0 Å². The minimum atomic E-state index is -0.512. The van der Waals surface area contributed by atoms with Crippen LogP contribution in [0.3, 0.4) is 0 Å². The number of benzene rings is 3. The molecule has 1 amide bonds. The molecule has 0 aliphatic rings. The number of carbonyl (C=O) groups excluding carboxylic acids is 1. The van der Waals surface area contributed by atoms with Crippen molar-refractivity contribution in [3.63, 3.8) is 0 Å². The lowest BCUT2D eigenvalue weighted by Gasteiger charge is -2.08. The highest BCUT2D eigenvalue weighted by molar-refractivity contribution is 6.12. The van der Waals surface area contributed by atoms with Crippen LogP contribution in [0.2, 0.25) is 0 Å². The molecule has 2 heterocycles. The third-order valence-corrected chi connectivity index (χ3v) is 5.69. The average molecular weight is 472 g/mol. The number of nitrogens with zero attached hydrogens (tertiary/aromatic N) is 4. The van der Waals surface area contributed by atoms with Gasteiger partial charge in [-0.1, -0.05) is 24.3 Å². The zero-order valence-corrected chi connectivity index (χ0v) is 19.4. The zero-order valence-electron chi connectivity index (χ0n) is 19.4. The van der Waals surface area contributed by atoms with E-state index in [0.29, 0.717) is 16.9 Å². The molecule has 0 aliphatic carbocycles. The second-order valence-electron chi connectivity index (χ2n) is 7.94. The van der Waals surface area contributed by atoms with E-state index in [2.05, 4.69) is 10.3 Å². The molecule has 7 nitrogen and oxygen atoms in total. The number of anilines is 1. The molecular formula is C29H21N5O2. The molecule has 0 fully saturated rings. The van der Waals surface area contributed by atoms with Crippen LogP contribution in [-0.2, 0) is 4.79 Å². The van der Waals surface area contributed by atoms with Crippen molar-refractivity contribution in [3.05, 3.63) is 108 Å². The SMILES string of the molecule is COc1ccc(-c2nn(-c3ccccc3)cc2C=C(C#N)C(=O)Nc2cccc3ncccc23)cc1. The number of aromatic nitrogens is 3. The highest BCUT2D eigenvalue weighted by Crippen LogP contribution is 2.28. The molecule has 0 saturated heterocycles. The molecule has 174 valence electrons. The van der Waals surface area contributed by atoms with Crippen LogP contribution in [0.1, 0.15) is 5.56 Å². The summed E-state index contributed by atoms with van der Waals surface area (Å²) in [5.41, 5.74) is 4.25. The number of hydrogen-bond acceptors (Lipinski definition) is 5. The number of carbonyl (C=O) groups is 1. The van der Waals surface area contributed by atoms with Gasteiger partial charge in [0.2, 0.25) is 0 Å². The summed E-state index contributed by atoms with van der Waals surface area (Å²) in [5.74, 6) is 0.210. The first-order chi connectivity index (χ1) is 17.7. The number of pyridine rings is 1. The first-order valence-electron chi connectivity index (χ1n) is 11.2. The molecule has 0 unspecified atom stereocenters. The van der Waals surface area contributed by atoms with Gasteiger partial charge in [-0.15, -0.1) is 0 Å². The fourth-order valence-corrected chi connectivity index (χ4v) is 3.89. The normalized spacial score (nSPS) is 11.2. The van der Waals surface area contributed by atoms with Gasteiger partial charge in [0.1, 0.15) is 17.4 Å². The lowest BCUT2D eigenvalue weighted by Crippen LogP contribution is -2.13. The standard InChI is InChI=1S/C29H21N5O2/c1-36-24-14-12-20(13-15-24)28-22(19-34(33-28)23-7-3-2-4-8-23)17-21(18-30)29(35)32-27-11-5-10-26-25(27)9-6-16-31-26/h2-17,19H,1H3,(H,32,35). The quantitative estimate of drug-likeness (QED) is 0.255. The van der Waals surface area contributed by atoms with E-state index in [4.69, 9.17) is 9.84 Å². The predicted octanol–water partition coefficient (Wildman–Crippen LogP) is 5.64. The number of amides is 1. The molecular weight excluding hydrogens is 450 g/mol. The molecule has 0 saturated carbocycles. The highest BCUT2D eigenvalue weighted by atomic mass is 16.5. The van der Waals surface area contributed by atoms with Crippen LogP contribution in [0.4, 0.5) is 5.69 Å². The Labute approximate surface area is 207 Å². The maximum absolute atomic E-state index is 13.1. The molecule has 0 aliphatic heterocycles. The summed E-state index contributed by atoms with van der Waals surface area (Å²) in [6.45, 7) is 0. The van der Waals surface area contributed by atoms with Crippen LogP contribution in [0.15, 0.2) is 103 Å². The molecule has 36 heavy (non-hydrogen) atoms. The van der Waals surface area contributed by atoms with E-state index in [0.717, 1.165) is 27.9 Å². The van der Waals surface area contributed by atoms with Crippen molar-refractivity contribution < 1.29 is 9.53 Å². The van der Waals surface area contributed by atoms with E-state index in [1.807, 2.05) is 78.9 Å². The zero-order chi connectivity index (χ0) is 24.9. The molecule has 0 radical (unpaired) electrons. The van der Waals surface area contributed by atoms with Gasteiger partial charge in [0, 0.05) is 28.9 Å². The second-order valence-corrected chi connectivity index (χ2v) is 7.94. The number of rotatable bonds is 6. The lowest BCUT2D eigenvalue weighted by atomic mass is 10.1. The molecule has 0 atom stereocenters.